The molecule has 5 nitrogen and oxygen atoms in total. The van der Waals surface area contributed by atoms with Crippen molar-refractivity contribution in [3.63, 3.8) is 0 Å². The first-order chi connectivity index (χ1) is 13.0. The lowest BCUT2D eigenvalue weighted by molar-refractivity contribution is 0.332. The maximum atomic E-state index is 11.7. The van der Waals surface area contributed by atoms with Crippen LogP contribution in [0.3, 0.4) is 0 Å². The number of nitrogens with one attached hydrogen (secondary N) is 1. The van der Waals surface area contributed by atoms with Crippen molar-refractivity contribution in [1.82, 2.24) is 9.29 Å². The van der Waals surface area contributed by atoms with E-state index >= 15 is 0 Å². The Bertz CT molecular complexity index is 1040. The lowest BCUT2D eigenvalue weighted by atomic mass is 9.99. The van der Waals surface area contributed by atoms with Gasteiger partial charge in [-0.1, -0.05) is 30.3 Å². The molecule has 0 aliphatic carbocycles. The second kappa shape index (κ2) is 7.29. The summed E-state index contributed by atoms with van der Waals surface area (Å²) in [4.78, 5) is 4.29. The van der Waals surface area contributed by atoms with E-state index in [0.29, 0.717) is 13.1 Å². The van der Waals surface area contributed by atoms with E-state index in [0.717, 1.165) is 34.9 Å². The highest BCUT2D eigenvalue weighted by molar-refractivity contribution is 7.88. The minimum absolute atomic E-state index is 0.248. The summed E-state index contributed by atoms with van der Waals surface area (Å²) in [6.07, 6.45) is 6.57. The Labute approximate surface area is 160 Å². The van der Waals surface area contributed by atoms with Crippen molar-refractivity contribution < 1.29 is 8.42 Å². The van der Waals surface area contributed by atoms with Gasteiger partial charge in [0.2, 0.25) is 10.0 Å². The van der Waals surface area contributed by atoms with Crippen LogP contribution >= 0.6 is 0 Å². The molecule has 27 heavy (non-hydrogen) atoms. The summed E-state index contributed by atoms with van der Waals surface area (Å²) in [6.45, 7) is 1.12. The number of benzene rings is 2. The molecule has 0 spiro atoms. The van der Waals surface area contributed by atoms with Gasteiger partial charge in [-0.05, 0) is 47.6 Å². The number of rotatable bonds is 4. The molecule has 1 aromatic heterocycles. The van der Waals surface area contributed by atoms with Gasteiger partial charge in [-0.3, -0.25) is 4.98 Å². The van der Waals surface area contributed by atoms with Crippen molar-refractivity contribution in [1.29, 1.82) is 0 Å². The number of aromatic nitrogens is 1. The van der Waals surface area contributed by atoms with Gasteiger partial charge in [0.25, 0.3) is 0 Å². The molecule has 1 aliphatic heterocycles. The standard InChI is InChI=1S/C21H23N3O2S/c1-27(25,26)24-11-8-19(9-12-24)23-21-14-18(16-5-3-2-4-6-16)13-17-7-10-22-15-20(17)21/h2-7,10,13-15,19,23H,8-9,11-12H2,1H3. The topological polar surface area (TPSA) is 62.3 Å². The van der Waals surface area contributed by atoms with E-state index in [-0.39, 0.29) is 6.04 Å². The van der Waals surface area contributed by atoms with Crippen molar-refractivity contribution in [3.05, 3.63) is 60.9 Å². The lowest BCUT2D eigenvalue weighted by Crippen LogP contribution is -2.41. The number of piperidine rings is 1. The van der Waals surface area contributed by atoms with Gasteiger partial charge in [-0.15, -0.1) is 0 Å². The van der Waals surface area contributed by atoms with Gasteiger partial charge in [-0.2, -0.15) is 0 Å². The van der Waals surface area contributed by atoms with Crippen LogP contribution in [-0.2, 0) is 10.0 Å². The van der Waals surface area contributed by atoms with E-state index in [4.69, 9.17) is 0 Å². The van der Waals surface area contributed by atoms with E-state index in [1.165, 1.54) is 11.8 Å². The highest BCUT2D eigenvalue weighted by Crippen LogP contribution is 2.32. The second-order valence-electron chi connectivity index (χ2n) is 7.07. The zero-order valence-electron chi connectivity index (χ0n) is 15.3. The third kappa shape index (κ3) is 3.96. The highest BCUT2D eigenvalue weighted by Gasteiger charge is 2.25. The zero-order chi connectivity index (χ0) is 18.9. The Kier molecular flexibility index (Phi) is 4.85. The van der Waals surface area contributed by atoms with E-state index in [1.807, 2.05) is 36.7 Å². The first-order valence-electron chi connectivity index (χ1n) is 9.15. The average molecular weight is 382 g/mol. The first kappa shape index (κ1) is 17.9. The van der Waals surface area contributed by atoms with Crippen LogP contribution in [0.1, 0.15) is 12.8 Å². The van der Waals surface area contributed by atoms with Crippen LogP contribution in [0.2, 0.25) is 0 Å². The molecule has 0 unspecified atom stereocenters. The SMILES string of the molecule is CS(=O)(=O)N1CCC(Nc2cc(-c3ccccc3)cc3ccncc23)CC1. The lowest BCUT2D eigenvalue weighted by Gasteiger charge is -2.31. The molecule has 0 bridgehead atoms. The summed E-state index contributed by atoms with van der Waals surface area (Å²) >= 11 is 0. The molecule has 140 valence electrons. The Balaban J connectivity index is 1.63. The summed E-state index contributed by atoms with van der Waals surface area (Å²) in [6, 6.07) is 16.9. The number of hydrogen-bond donors (Lipinski definition) is 1. The van der Waals surface area contributed by atoms with Gasteiger partial charge in [0.1, 0.15) is 0 Å². The maximum absolute atomic E-state index is 11.7. The van der Waals surface area contributed by atoms with Gasteiger partial charge < -0.3 is 5.32 Å². The number of sulfonamides is 1. The van der Waals surface area contributed by atoms with Gasteiger partial charge in [-0.25, -0.2) is 12.7 Å². The van der Waals surface area contributed by atoms with E-state index in [1.54, 1.807) is 4.31 Å². The summed E-state index contributed by atoms with van der Waals surface area (Å²) in [7, 11) is -3.10. The second-order valence-corrected chi connectivity index (χ2v) is 9.05. The van der Waals surface area contributed by atoms with Crippen LogP contribution in [0.15, 0.2) is 60.9 Å². The number of fused-ring (bicyclic) bond motifs is 1. The predicted octanol–water partition coefficient (Wildman–Crippen LogP) is 3.74. The largest absolute Gasteiger partial charge is 0.382 e. The van der Waals surface area contributed by atoms with E-state index in [9.17, 15) is 8.42 Å². The average Bonchev–Trinajstić information content (AvgIpc) is 2.68. The van der Waals surface area contributed by atoms with Gasteiger partial charge in [0.05, 0.1) is 6.26 Å². The summed E-state index contributed by atoms with van der Waals surface area (Å²) in [5.74, 6) is 0. The number of anilines is 1. The molecule has 3 aromatic rings. The molecule has 1 aliphatic rings. The molecule has 6 heteroatoms. The van der Waals surface area contributed by atoms with Gasteiger partial charge >= 0.3 is 0 Å². The van der Waals surface area contributed by atoms with Crippen molar-refractivity contribution in [2.45, 2.75) is 18.9 Å². The summed E-state index contributed by atoms with van der Waals surface area (Å²) < 4.78 is 25.0. The van der Waals surface area contributed by atoms with Crippen LogP contribution in [0.5, 0.6) is 0 Å². The van der Waals surface area contributed by atoms with Gasteiger partial charge in [0, 0.05) is 42.6 Å². The van der Waals surface area contributed by atoms with Gasteiger partial charge in [0.15, 0.2) is 0 Å². The molecule has 2 aromatic carbocycles. The Morgan fingerprint density at radius 1 is 1.04 bits per heavy atom. The fraction of sp³-hybridized carbons (Fsp3) is 0.286. The van der Waals surface area contributed by atoms with Crippen LogP contribution in [0, 0.1) is 0 Å². The van der Waals surface area contributed by atoms with Crippen LogP contribution < -0.4 is 5.32 Å². The third-order valence-corrected chi connectivity index (χ3v) is 6.45. The zero-order valence-corrected chi connectivity index (χ0v) is 16.1. The van der Waals surface area contributed by atoms with Crippen LogP contribution in [-0.4, -0.2) is 43.1 Å². The summed E-state index contributed by atoms with van der Waals surface area (Å²) in [5, 5.41) is 5.87. The smallest absolute Gasteiger partial charge is 0.211 e. The highest BCUT2D eigenvalue weighted by atomic mass is 32.2. The fourth-order valence-corrected chi connectivity index (χ4v) is 4.54. The van der Waals surface area contributed by atoms with Crippen molar-refractivity contribution >= 4 is 26.5 Å². The quantitative estimate of drug-likeness (QED) is 0.748. The Hall–Kier alpha value is -2.44. The molecule has 0 amide bonds. The van der Waals surface area contributed by atoms with Crippen LogP contribution in [0.25, 0.3) is 21.9 Å². The monoisotopic (exact) mass is 381 g/mol. The molecule has 0 saturated carbocycles. The molecule has 1 N–H and O–H groups in total. The number of pyridine rings is 1. The van der Waals surface area contributed by atoms with Crippen molar-refractivity contribution in [3.8, 4) is 11.1 Å². The van der Waals surface area contributed by atoms with E-state index < -0.39 is 10.0 Å². The normalized spacial score (nSPS) is 16.5. The molecule has 1 saturated heterocycles. The first-order valence-corrected chi connectivity index (χ1v) is 11.0. The van der Waals surface area contributed by atoms with Crippen molar-refractivity contribution in [2.75, 3.05) is 24.7 Å². The molecular weight excluding hydrogens is 358 g/mol. The van der Waals surface area contributed by atoms with E-state index in [2.05, 4.69) is 34.6 Å². The molecule has 2 heterocycles. The number of nitrogens with zero attached hydrogens (tertiary/aromatic N) is 2. The number of hydrogen-bond acceptors (Lipinski definition) is 4. The Morgan fingerprint density at radius 2 is 1.78 bits per heavy atom. The minimum Gasteiger partial charge on any atom is -0.382 e. The maximum Gasteiger partial charge on any atom is 0.211 e. The van der Waals surface area contributed by atoms with Crippen LogP contribution in [0.4, 0.5) is 5.69 Å². The summed E-state index contributed by atoms with van der Waals surface area (Å²) in [5.41, 5.74) is 3.38. The minimum atomic E-state index is -3.10. The fourth-order valence-electron chi connectivity index (χ4n) is 3.67. The molecule has 0 atom stereocenters. The Morgan fingerprint density at radius 3 is 2.48 bits per heavy atom. The van der Waals surface area contributed by atoms with Crippen molar-refractivity contribution in [2.24, 2.45) is 0 Å². The molecule has 4 rings (SSSR count). The molecular formula is C21H23N3O2S. The third-order valence-electron chi connectivity index (χ3n) is 5.15. The predicted molar refractivity (Wildman–Crippen MR) is 110 cm³/mol. The molecule has 1 fully saturated rings. The molecule has 0 radical (unpaired) electrons.